The molecule has 1 aliphatic rings. The first-order valence-corrected chi connectivity index (χ1v) is 12.2. The van der Waals surface area contributed by atoms with Crippen LogP contribution in [-0.4, -0.2) is 21.8 Å². The zero-order valence-electron chi connectivity index (χ0n) is 17.7. The highest BCUT2D eigenvalue weighted by Gasteiger charge is 2.23. The molecule has 0 bridgehead atoms. The van der Waals surface area contributed by atoms with Crippen LogP contribution in [0.1, 0.15) is 36.3 Å². The zero-order valence-corrected chi connectivity index (χ0v) is 20.1. The van der Waals surface area contributed by atoms with E-state index in [1.54, 1.807) is 11.3 Å². The molecule has 0 radical (unpaired) electrons. The molecule has 9 heteroatoms. The van der Waals surface area contributed by atoms with Gasteiger partial charge >= 0.3 is 0 Å². The molecule has 2 aromatic heterocycles. The molecular formula is C23H24BrN5O2S. The molecule has 1 aromatic carbocycles. The molecule has 1 aliphatic carbocycles. The topological polar surface area (TPSA) is 96.0 Å². The number of nitrogens with one attached hydrogen (secondary N) is 3. The zero-order chi connectivity index (χ0) is 22.5. The van der Waals surface area contributed by atoms with Gasteiger partial charge < -0.3 is 10.6 Å². The molecule has 0 saturated heterocycles. The number of halogens is 1. The summed E-state index contributed by atoms with van der Waals surface area (Å²) in [6.45, 7) is 1.86. The second-order valence-electron chi connectivity index (χ2n) is 7.85. The average molecular weight is 514 g/mol. The Morgan fingerprint density at radius 2 is 1.78 bits per heavy atom. The van der Waals surface area contributed by atoms with Gasteiger partial charge in [0.15, 0.2) is 0 Å². The van der Waals surface area contributed by atoms with Crippen molar-refractivity contribution in [1.82, 2.24) is 9.97 Å². The van der Waals surface area contributed by atoms with Gasteiger partial charge in [0.1, 0.15) is 5.82 Å². The highest BCUT2D eigenvalue weighted by atomic mass is 79.9. The van der Waals surface area contributed by atoms with Crippen molar-refractivity contribution in [3.05, 3.63) is 56.8 Å². The number of carbonyl (C=O) groups is 2. The van der Waals surface area contributed by atoms with Gasteiger partial charge in [-0.25, -0.2) is 4.98 Å². The number of thiophene rings is 1. The maximum atomic E-state index is 12.4. The monoisotopic (exact) mass is 513 g/mol. The first kappa shape index (κ1) is 22.4. The Bertz CT molecular complexity index is 1110. The van der Waals surface area contributed by atoms with Crippen LogP contribution in [0.25, 0.3) is 0 Å². The third-order valence-electron chi connectivity index (χ3n) is 5.21. The van der Waals surface area contributed by atoms with Crippen LogP contribution in [-0.2, 0) is 16.0 Å². The predicted octanol–water partition coefficient (Wildman–Crippen LogP) is 5.66. The van der Waals surface area contributed by atoms with Crippen molar-refractivity contribution in [3.63, 3.8) is 0 Å². The van der Waals surface area contributed by atoms with Crippen LogP contribution < -0.4 is 16.0 Å². The molecule has 4 rings (SSSR count). The maximum Gasteiger partial charge on any atom is 0.231 e. The average Bonchev–Trinajstić information content (AvgIpc) is 3.41. The van der Waals surface area contributed by atoms with E-state index in [9.17, 15) is 9.59 Å². The summed E-state index contributed by atoms with van der Waals surface area (Å²) in [6, 6.07) is 11.2. The SMILES string of the molecule is Cc1cc(Nc2ccc(NC(=O)Cc3cc(Br)cs3)cc2)nc(NC(=O)C2CCCC2)n1. The molecule has 2 heterocycles. The van der Waals surface area contributed by atoms with Crippen molar-refractivity contribution < 1.29 is 9.59 Å². The van der Waals surface area contributed by atoms with E-state index in [0.717, 1.165) is 52.1 Å². The summed E-state index contributed by atoms with van der Waals surface area (Å²) in [5.41, 5.74) is 2.30. The second kappa shape index (κ2) is 10.2. The lowest BCUT2D eigenvalue weighted by Gasteiger charge is -2.12. The van der Waals surface area contributed by atoms with E-state index in [2.05, 4.69) is 41.8 Å². The summed E-state index contributed by atoms with van der Waals surface area (Å²) in [5, 5.41) is 11.0. The normalized spacial score (nSPS) is 13.7. The van der Waals surface area contributed by atoms with Crippen LogP contribution >= 0.6 is 27.3 Å². The molecule has 0 spiro atoms. The molecule has 7 nitrogen and oxygen atoms in total. The van der Waals surface area contributed by atoms with E-state index in [1.165, 1.54) is 0 Å². The van der Waals surface area contributed by atoms with E-state index >= 15 is 0 Å². The number of aryl methyl sites for hydroxylation is 1. The van der Waals surface area contributed by atoms with Crippen LogP contribution in [0.4, 0.5) is 23.1 Å². The van der Waals surface area contributed by atoms with E-state index in [0.29, 0.717) is 18.2 Å². The van der Waals surface area contributed by atoms with Crippen molar-refractivity contribution in [3.8, 4) is 0 Å². The van der Waals surface area contributed by atoms with Crippen LogP contribution in [0.3, 0.4) is 0 Å². The van der Waals surface area contributed by atoms with E-state index in [1.807, 2.05) is 48.7 Å². The summed E-state index contributed by atoms with van der Waals surface area (Å²) in [6.07, 6.45) is 4.39. The quantitative estimate of drug-likeness (QED) is 0.378. The summed E-state index contributed by atoms with van der Waals surface area (Å²) in [7, 11) is 0. The van der Waals surface area contributed by atoms with E-state index in [4.69, 9.17) is 0 Å². The number of hydrogen-bond donors (Lipinski definition) is 3. The van der Waals surface area contributed by atoms with Gasteiger partial charge in [-0.1, -0.05) is 12.8 Å². The lowest BCUT2D eigenvalue weighted by atomic mass is 10.1. The molecule has 32 heavy (non-hydrogen) atoms. The summed E-state index contributed by atoms with van der Waals surface area (Å²) in [4.78, 5) is 34.4. The van der Waals surface area contributed by atoms with Gasteiger partial charge in [0, 0.05) is 43.8 Å². The highest BCUT2D eigenvalue weighted by molar-refractivity contribution is 9.10. The number of hydrogen-bond acceptors (Lipinski definition) is 6. The predicted molar refractivity (Wildman–Crippen MR) is 131 cm³/mol. The number of rotatable bonds is 7. The van der Waals surface area contributed by atoms with Crippen LogP contribution in [0.15, 0.2) is 46.3 Å². The lowest BCUT2D eigenvalue weighted by molar-refractivity contribution is -0.119. The van der Waals surface area contributed by atoms with Gasteiger partial charge in [-0.15, -0.1) is 11.3 Å². The van der Waals surface area contributed by atoms with Gasteiger partial charge in [-0.2, -0.15) is 4.98 Å². The first-order valence-electron chi connectivity index (χ1n) is 10.5. The van der Waals surface area contributed by atoms with Gasteiger partial charge in [-0.3, -0.25) is 14.9 Å². The number of benzene rings is 1. The number of aromatic nitrogens is 2. The van der Waals surface area contributed by atoms with Crippen molar-refractivity contribution >= 4 is 62.2 Å². The lowest BCUT2D eigenvalue weighted by Crippen LogP contribution is -2.22. The molecule has 0 aliphatic heterocycles. The fourth-order valence-corrected chi connectivity index (χ4v) is 5.13. The van der Waals surface area contributed by atoms with Crippen LogP contribution in [0, 0.1) is 12.8 Å². The molecular weight excluding hydrogens is 490 g/mol. The Balaban J connectivity index is 1.35. The number of anilines is 4. The van der Waals surface area contributed by atoms with Crippen LogP contribution in [0.5, 0.6) is 0 Å². The standard InChI is InChI=1S/C23H24BrN5O2S/c1-14-10-20(28-23(25-14)29-22(31)15-4-2-3-5-15)26-17-6-8-18(9-7-17)27-21(30)12-19-11-16(24)13-32-19/h6-11,13,15H,2-5,12H2,1H3,(H,27,30)(H2,25,26,28,29,31). The third-order valence-corrected chi connectivity index (χ3v) is 6.91. The summed E-state index contributed by atoms with van der Waals surface area (Å²) < 4.78 is 0.988. The number of carbonyl (C=O) groups excluding carboxylic acids is 2. The molecule has 1 fully saturated rings. The van der Waals surface area contributed by atoms with Crippen LogP contribution in [0.2, 0.25) is 0 Å². The second-order valence-corrected chi connectivity index (χ2v) is 9.76. The molecule has 0 unspecified atom stereocenters. The van der Waals surface area contributed by atoms with E-state index < -0.39 is 0 Å². The summed E-state index contributed by atoms with van der Waals surface area (Å²) >= 11 is 4.95. The van der Waals surface area contributed by atoms with Crippen molar-refractivity contribution in [1.29, 1.82) is 0 Å². The van der Waals surface area contributed by atoms with E-state index in [-0.39, 0.29) is 17.7 Å². The smallest absolute Gasteiger partial charge is 0.231 e. The Labute approximate surface area is 199 Å². The highest BCUT2D eigenvalue weighted by Crippen LogP contribution is 2.26. The number of amides is 2. The molecule has 0 atom stereocenters. The maximum absolute atomic E-state index is 12.4. The van der Waals surface area contributed by atoms with Gasteiger partial charge in [0.25, 0.3) is 0 Å². The molecule has 2 amide bonds. The minimum atomic E-state index is -0.0610. The molecule has 3 aromatic rings. The third kappa shape index (κ3) is 6.14. The van der Waals surface area contributed by atoms with Gasteiger partial charge in [0.05, 0.1) is 6.42 Å². The summed E-state index contributed by atoms with van der Waals surface area (Å²) in [5.74, 6) is 0.899. The first-order chi connectivity index (χ1) is 15.4. The number of nitrogens with zero attached hydrogens (tertiary/aromatic N) is 2. The largest absolute Gasteiger partial charge is 0.340 e. The minimum Gasteiger partial charge on any atom is -0.340 e. The Morgan fingerprint density at radius 1 is 1.06 bits per heavy atom. The molecule has 166 valence electrons. The Kier molecular flexibility index (Phi) is 7.16. The van der Waals surface area contributed by atoms with Gasteiger partial charge in [0.2, 0.25) is 17.8 Å². The van der Waals surface area contributed by atoms with Crippen molar-refractivity contribution in [2.75, 3.05) is 16.0 Å². The van der Waals surface area contributed by atoms with Crippen molar-refractivity contribution in [2.24, 2.45) is 5.92 Å². The Hall–Kier alpha value is -2.78. The Morgan fingerprint density at radius 3 is 2.47 bits per heavy atom. The van der Waals surface area contributed by atoms with Crippen molar-refractivity contribution in [2.45, 2.75) is 39.0 Å². The fraction of sp³-hybridized carbons (Fsp3) is 0.304. The molecule has 1 saturated carbocycles. The minimum absolute atomic E-state index is 0.00551. The molecule has 3 N–H and O–H groups in total. The fourth-order valence-electron chi connectivity index (χ4n) is 3.68. The van der Waals surface area contributed by atoms with Gasteiger partial charge in [-0.05, 0) is 66.0 Å².